The Labute approximate surface area is 183 Å². The Bertz CT molecular complexity index is 1170. The average molecular weight is 436 g/mol. The van der Waals surface area contributed by atoms with E-state index in [1.807, 2.05) is 0 Å². The molecule has 1 saturated heterocycles. The molecular formula is C24H18ClNO5. The smallest absolute Gasteiger partial charge is 0.300 e. The van der Waals surface area contributed by atoms with Crippen molar-refractivity contribution in [3.63, 3.8) is 0 Å². The van der Waals surface area contributed by atoms with Crippen molar-refractivity contribution in [2.24, 2.45) is 0 Å². The molecule has 0 bridgehead atoms. The molecule has 1 fully saturated rings. The van der Waals surface area contributed by atoms with Gasteiger partial charge in [0.05, 0.1) is 18.7 Å². The number of Topliss-reactive ketones (excluding diaryl/α,β-unsaturated/α-hetero) is 1. The molecular weight excluding hydrogens is 418 g/mol. The first-order valence-corrected chi connectivity index (χ1v) is 9.78. The Kier molecular flexibility index (Phi) is 5.40. The Morgan fingerprint density at radius 3 is 2.13 bits per heavy atom. The van der Waals surface area contributed by atoms with Crippen LogP contribution in [0, 0.1) is 0 Å². The van der Waals surface area contributed by atoms with Gasteiger partial charge in [0, 0.05) is 16.3 Å². The predicted octanol–water partition coefficient (Wildman–Crippen LogP) is 4.68. The highest BCUT2D eigenvalue weighted by Gasteiger charge is 2.46. The normalized spacial score (nSPS) is 17.7. The number of ketones is 1. The minimum atomic E-state index is -0.885. The molecule has 0 saturated carbocycles. The molecule has 1 heterocycles. The monoisotopic (exact) mass is 435 g/mol. The average Bonchev–Trinajstić information content (AvgIpc) is 3.05. The van der Waals surface area contributed by atoms with E-state index in [9.17, 15) is 19.8 Å². The second-order valence-electron chi connectivity index (χ2n) is 6.97. The van der Waals surface area contributed by atoms with E-state index in [0.29, 0.717) is 27.6 Å². The number of halogens is 1. The van der Waals surface area contributed by atoms with Gasteiger partial charge in [0.1, 0.15) is 17.3 Å². The SMILES string of the molecule is COc1ccc(N2C(=O)C(=O)/C(=C(/O)c3ccc(Cl)cc3)C2c2ccc(O)cc2)cc1. The first-order chi connectivity index (χ1) is 14.9. The summed E-state index contributed by atoms with van der Waals surface area (Å²) in [6.07, 6.45) is 0. The molecule has 1 unspecified atom stereocenters. The lowest BCUT2D eigenvalue weighted by molar-refractivity contribution is -0.132. The summed E-state index contributed by atoms with van der Waals surface area (Å²) in [4.78, 5) is 27.4. The highest BCUT2D eigenvalue weighted by molar-refractivity contribution is 6.51. The fourth-order valence-corrected chi connectivity index (χ4v) is 3.70. The summed E-state index contributed by atoms with van der Waals surface area (Å²) in [6, 6.07) is 18.3. The van der Waals surface area contributed by atoms with E-state index in [1.165, 1.54) is 24.1 Å². The highest BCUT2D eigenvalue weighted by atomic mass is 35.5. The second kappa shape index (κ2) is 8.16. The predicted molar refractivity (Wildman–Crippen MR) is 117 cm³/mol. The molecule has 3 aromatic carbocycles. The molecule has 0 aliphatic carbocycles. The van der Waals surface area contributed by atoms with Gasteiger partial charge >= 0.3 is 0 Å². The number of hydrogen-bond acceptors (Lipinski definition) is 5. The largest absolute Gasteiger partial charge is 0.508 e. The van der Waals surface area contributed by atoms with Crippen LogP contribution in [-0.2, 0) is 9.59 Å². The zero-order valence-corrected chi connectivity index (χ0v) is 17.2. The number of methoxy groups -OCH3 is 1. The Hall–Kier alpha value is -3.77. The van der Waals surface area contributed by atoms with Gasteiger partial charge in [0.2, 0.25) is 0 Å². The topological polar surface area (TPSA) is 87.1 Å². The zero-order chi connectivity index (χ0) is 22.1. The molecule has 3 aromatic rings. The molecule has 6 nitrogen and oxygen atoms in total. The molecule has 2 N–H and O–H groups in total. The van der Waals surface area contributed by atoms with E-state index in [-0.39, 0.29) is 17.1 Å². The number of aliphatic hydroxyl groups is 1. The number of benzene rings is 3. The van der Waals surface area contributed by atoms with E-state index in [4.69, 9.17) is 16.3 Å². The van der Waals surface area contributed by atoms with Crippen LogP contribution in [0.1, 0.15) is 17.2 Å². The first kappa shape index (κ1) is 20.5. The summed E-state index contributed by atoms with van der Waals surface area (Å²) in [6.45, 7) is 0. The number of nitrogens with zero attached hydrogens (tertiary/aromatic N) is 1. The van der Waals surface area contributed by atoms with Gasteiger partial charge in [-0.05, 0) is 66.2 Å². The number of carbonyl (C=O) groups excluding carboxylic acids is 2. The van der Waals surface area contributed by atoms with Crippen molar-refractivity contribution in [1.82, 2.24) is 0 Å². The number of aliphatic hydroxyl groups excluding tert-OH is 1. The fourth-order valence-electron chi connectivity index (χ4n) is 3.58. The Morgan fingerprint density at radius 2 is 1.55 bits per heavy atom. The molecule has 1 atom stereocenters. The maximum Gasteiger partial charge on any atom is 0.300 e. The van der Waals surface area contributed by atoms with E-state index in [0.717, 1.165) is 0 Å². The van der Waals surface area contributed by atoms with Crippen LogP contribution in [-0.4, -0.2) is 29.0 Å². The van der Waals surface area contributed by atoms with Crippen LogP contribution in [0.4, 0.5) is 5.69 Å². The Morgan fingerprint density at radius 1 is 0.935 bits per heavy atom. The molecule has 1 aliphatic heterocycles. The minimum Gasteiger partial charge on any atom is -0.508 e. The fraction of sp³-hybridized carbons (Fsp3) is 0.0833. The lowest BCUT2D eigenvalue weighted by atomic mass is 9.95. The third kappa shape index (κ3) is 3.73. The molecule has 156 valence electrons. The molecule has 1 amide bonds. The summed E-state index contributed by atoms with van der Waals surface area (Å²) < 4.78 is 5.17. The summed E-state index contributed by atoms with van der Waals surface area (Å²) in [7, 11) is 1.53. The van der Waals surface area contributed by atoms with Gasteiger partial charge < -0.3 is 14.9 Å². The number of phenols is 1. The number of anilines is 1. The first-order valence-electron chi connectivity index (χ1n) is 9.40. The van der Waals surface area contributed by atoms with Crippen LogP contribution in [0.15, 0.2) is 78.4 Å². The van der Waals surface area contributed by atoms with Crippen molar-refractivity contribution in [2.75, 3.05) is 12.0 Å². The number of phenolic OH excluding ortho intramolecular Hbond substituents is 1. The molecule has 0 spiro atoms. The number of aromatic hydroxyl groups is 1. The van der Waals surface area contributed by atoms with E-state index in [1.54, 1.807) is 60.7 Å². The summed E-state index contributed by atoms with van der Waals surface area (Å²) in [5.41, 5.74) is 1.34. The maximum absolute atomic E-state index is 13.0. The van der Waals surface area contributed by atoms with Gasteiger partial charge in [0.25, 0.3) is 11.7 Å². The summed E-state index contributed by atoms with van der Waals surface area (Å²) in [5.74, 6) is -1.23. The molecule has 4 rings (SSSR count). The lowest BCUT2D eigenvalue weighted by Crippen LogP contribution is -2.29. The molecule has 31 heavy (non-hydrogen) atoms. The van der Waals surface area contributed by atoms with Crippen LogP contribution in [0.5, 0.6) is 11.5 Å². The van der Waals surface area contributed by atoms with Crippen LogP contribution >= 0.6 is 11.6 Å². The van der Waals surface area contributed by atoms with Crippen LogP contribution < -0.4 is 9.64 Å². The van der Waals surface area contributed by atoms with Gasteiger partial charge in [-0.25, -0.2) is 0 Å². The van der Waals surface area contributed by atoms with Crippen molar-refractivity contribution >= 4 is 34.7 Å². The van der Waals surface area contributed by atoms with Crippen molar-refractivity contribution in [3.8, 4) is 11.5 Å². The van der Waals surface area contributed by atoms with Gasteiger partial charge in [-0.3, -0.25) is 14.5 Å². The molecule has 0 radical (unpaired) electrons. The molecule has 7 heteroatoms. The van der Waals surface area contributed by atoms with Crippen LogP contribution in [0.3, 0.4) is 0 Å². The molecule has 1 aliphatic rings. The number of rotatable bonds is 4. The Balaban J connectivity index is 1.91. The second-order valence-corrected chi connectivity index (χ2v) is 7.40. The minimum absolute atomic E-state index is 0.0443. The van der Waals surface area contributed by atoms with Crippen LogP contribution in [0.2, 0.25) is 5.02 Å². The van der Waals surface area contributed by atoms with Gasteiger partial charge in [-0.2, -0.15) is 0 Å². The number of amides is 1. The number of carbonyl (C=O) groups is 2. The van der Waals surface area contributed by atoms with E-state index >= 15 is 0 Å². The third-order valence-corrected chi connectivity index (χ3v) is 5.37. The van der Waals surface area contributed by atoms with Crippen molar-refractivity contribution < 1.29 is 24.5 Å². The van der Waals surface area contributed by atoms with E-state index < -0.39 is 17.7 Å². The van der Waals surface area contributed by atoms with Crippen molar-refractivity contribution in [2.45, 2.75) is 6.04 Å². The molecule has 0 aromatic heterocycles. The lowest BCUT2D eigenvalue weighted by Gasteiger charge is -2.25. The van der Waals surface area contributed by atoms with Crippen molar-refractivity contribution in [3.05, 3.63) is 94.5 Å². The van der Waals surface area contributed by atoms with Crippen LogP contribution in [0.25, 0.3) is 5.76 Å². The number of ether oxygens (including phenoxy) is 1. The van der Waals surface area contributed by atoms with Gasteiger partial charge in [-0.1, -0.05) is 23.7 Å². The van der Waals surface area contributed by atoms with Crippen molar-refractivity contribution in [1.29, 1.82) is 0 Å². The van der Waals surface area contributed by atoms with Gasteiger partial charge in [-0.15, -0.1) is 0 Å². The zero-order valence-electron chi connectivity index (χ0n) is 16.4. The third-order valence-electron chi connectivity index (χ3n) is 5.12. The van der Waals surface area contributed by atoms with E-state index in [2.05, 4.69) is 0 Å². The maximum atomic E-state index is 13.0. The number of hydrogen-bond donors (Lipinski definition) is 2. The van der Waals surface area contributed by atoms with Gasteiger partial charge in [0.15, 0.2) is 0 Å². The standard InChI is InChI=1S/C24H18ClNO5/c1-31-19-12-8-17(9-13-19)26-21(14-4-10-18(27)11-5-14)20(23(29)24(26)30)22(28)15-2-6-16(25)7-3-15/h2-13,21,27-28H,1H3/b22-20+. The summed E-state index contributed by atoms with van der Waals surface area (Å²) >= 11 is 5.93. The summed E-state index contributed by atoms with van der Waals surface area (Å²) in [5, 5.41) is 21.2. The highest BCUT2D eigenvalue weighted by Crippen LogP contribution is 2.42. The quantitative estimate of drug-likeness (QED) is 0.353.